The molecule has 132 valence electrons. The van der Waals surface area contributed by atoms with Gasteiger partial charge in [0.1, 0.15) is 18.1 Å². The molecule has 25 heavy (non-hydrogen) atoms. The minimum Gasteiger partial charge on any atom is -0.478 e. The molecule has 1 saturated heterocycles. The summed E-state index contributed by atoms with van der Waals surface area (Å²) in [6.07, 6.45) is 2.07. The van der Waals surface area contributed by atoms with Crippen molar-refractivity contribution in [1.82, 2.24) is 4.90 Å². The number of aromatic carboxylic acids is 1. The number of ether oxygens (including phenoxy) is 1. The molecule has 1 aromatic carbocycles. The highest BCUT2D eigenvalue weighted by Crippen LogP contribution is 2.33. The summed E-state index contributed by atoms with van der Waals surface area (Å²) >= 11 is 0. The third-order valence-corrected chi connectivity index (χ3v) is 4.43. The maximum atomic E-state index is 12.7. The van der Waals surface area contributed by atoms with Gasteiger partial charge in [0, 0.05) is 13.7 Å². The quantitative estimate of drug-likeness (QED) is 0.872. The zero-order valence-electron chi connectivity index (χ0n) is 14.1. The summed E-state index contributed by atoms with van der Waals surface area (Å²) in [5, 5.41) is 8.94. The molecule has 2 aromatic rings. The molecule has 1 amide bonds. The molecule has 0 saturated carbocycles. The lowest BCUT2D eigenvalue weighted by molar-refractivity contribution is -0.131. The molecule has 0 radical (unpaired) electrons. The van der Waals surface area contributed by atoms with Crippen LogP contribution in [0, 0.1) is 0 Å². The molecule has 1 aliphatic rings. The van der Waals surface area contributed by atoms with Gasteiger partial charge in [-0.2, -0.15) is 0 Å². The fourth-order valence-electron chi connectivity index (χ4n) is 3.20. The van der Waals surface area contributed by atoms with Crippen LogP contribution in [-0.2, 0) is 22.6 Å². The van der Waals surface area contributed by atoms with Crippen LogP contribution in [0.4, 0.5) is 0 Å². The Hall–Kier alpha value is -2.60. The standard InChI is InChI=1S/C19H21NO5/c1-24-12-15-8-9-17(25-15)16-3-2-10-20(16)18(21)11-13-4-6-14(7-5-13)19(22)23/h4-9,16H,2-3,10-12H2,1H3,(H,22,23). The maximum Gasteiger partial charge on any atom is 0.335 e. The smallest absolute Gasteiger partial charge is 0.335 e. The van der Waals surface area contributed by atoms with Gasteiger partial charge in [0.25, 0.3) is 0 Å². The highest BCUT2D eigenvalue weighted by molar-refractivity contribution is 5.87. The number of carboxylic acid groups (broad SMARTS) is 1. The number of rotatable bonds is 6. The van der Waals surface area contributed by atoms with E-state index in [-0.39, 0.29) is 23.9 Å². The first-order chi connectivity index (χ1) is 12.1. The molecule has 0 bridgehead atoms. The van der Waals surface area contributed by atoms with E-state index in [0.29, 0.717) is 13.2 Å². The molecule has 1 fully saturated rings. The van der Waals surface area contributed by atoms with Gasteiger partial charge >= 0.3 is 5.97 Å². The Labute approximate surface area is 146 Å². The van der Waals surface area contributed by atoms with Crippen molar-refractivity contribution in [3.63, 3.8) is 0 Å². The Bertz CT molecular complexity index is 749. The monoisotopic (exact) mass is 343 g/mol. The molecule has 0 aliphatic carbocycles. The van der Waals surface area contributed by atoms with Crippen molar-refractivity contribution in [2.24, 2.45) is 0 Å². The Morgan fingerprint density at radius 3 is 2.68 bits per heavy atom. The van der Waals surface area contributed by atoms with Gasteiger partial charge < -0.3 is 19.2 Å². The van der Waals surface area contributed by atoms with E-state index in [0.717, 1.165) is 29.9 Å². The van der Waals surface area contributed by atoms with Crippen molar-refractivity contribution in [3.05, 3.63) is 59.0 Å². The number of methoxy groups -OCH3 is 1. The number of furan rings is 1. The lowest BCUT2D eigenvalue weighted by atomic mass is 10.1. The van der Waals surface area contributed by atoms with Crippen molar-refractivity contribution in [3.8, 4) is 0 Å². The molecule has 1 aliphatic heterocycles. The van der Waals surface area contributed by atoms with E-state index >= 15 is 0 Å². The molecule has 1 atom stereocenters. The van der Waals surface area contributed by atoms with Crippen LogP contribution < -0.4 is 0 Å². The van der Waals surface area contributed by atoms with Crippen LogP contribution in [0.5, 0.6) is 0 Å². The van der Waals surface area contributed by atoms with Crippen molar-refractivity contribution >= 4 is 11.9 Å². The molecule has 0 spiro atoms. The molecule has 1 unspecified atom stereocenters. The first kappa shape index (κ1) is 17.2. The van der Waals surface area contributed by atoms with Gasteiger partial charge in [-0.05, 0) is 42.7 Å². The van der Waals surface area contributed by atoms with Gasteiger partial charge in [-0.1, -0.05) is 12.1 Å². The second kappa shape index (κ2) is 7.53. The average molecular weight is 343 g/mol. The van der Waals surface area contributed by atoms with E-state index < -0.39 is 5.97 Å². The first-order valence-electron chi connectivity index (χ1n) is 8.27. The van der Waals surface area contributed by atoms with Gasteiger partial charge in [0.15, 0.2) is 0 Å². The second-order valence-electron chi connectivity index (χ2n) is 6.16. The molecular weight excluding hydrogens is 322 g/mol. The topological polar surface area (TPSA) is 80.0 Å². The average Bonchev–Trinajstić information content (AvgIpc) is 3.24. The number of hydrogen-bond acceptors (Lipinski definition) is 4. The van der Waals surface area contributed by atoms with Crippen molar-refractivity contribution in [1.29, 1.82) is 0 Å². The zero-order chi connectivity index (χ0) is 17.8. The van der Waals surface area contributed by atoms with Crippen molar-refractivity contribution in [2.75, 3.05) is 13.7 Å². The highest BCUT2D eigenvalue weighted by atomic mass is 16.5. The summed E-state index contributed by atoms with van der Waals surface area (Å²) in [7, 11) is 1.61. The Balaban J connectivity index is 1.68. The number of carbonyl (C=O) groups excluding carboxylic acids is 1. The number of likely N-dealkylation sites (tertiary alicyclic amines) is 1. The Kier molecular flexibility index (Phi) is 5.19. The molecule has 1 N–H and O–H groups in total. The van der Waals surface area contributed by atoms with E-state index in [1.165, 1.54) is 12.1 Å². The van der Waals surface area contributed by atoms with E-state index in [4.69, 9.17) is 14.3 Å². The van der Waals surface area contributed by atoms with Crippen molar-refractivity contribution in [2.45, 2.75) is 31.9 Å². The number of carbonyl (C=O) groups is 2. The van der Waals surface area contributed by atoms with Crippen LogP contribution in [0.25, 0.3) is 0 Å². The van der Waals surface area contributed by atoms with Crippen LogP contribution >= 0.6 is 0 Å². The van der Waals surface area contributed by atoms with E-state index in [1.54, 1.807) is 19.2 Å². The van der Waals surface area contributed by atoms with Gasteiger partial charge in [-0.15, -0.1) is 0 Å². The lowest BCUT2D eigenvalue weighted by Gasteiger charge is -2.23. The fraction of sp³-hybridized carbons (Fsp3) is 0.368. The zero-order valence-corrected chi connectivity index (χ0v) is 14.1. The van der Waals surface area contributed by atoms with Crippen LogP contribution in [0.3, 0.4) is 0 Å². The molecule has 1 aromatic heterocycles. The number of nitrogens with zero attached hydrogens (tertiary/aromatic N) is 1. The summed E-state index contributed by atoms with van der Waals surface area (Å²) in [4.78, 5) is 25.4. The van der Waals surface area contributed by atoms with Gasteiger partial charge in [-0.3, -0.25) is 4.79 Å². The molecule has 3 rings (SSSR count). The number of amides is 1. The summed E-state index contributed by atoms with van der Waals surface area (Å²) in [5.74, 6) is 0.595. The summed E-state index contributed by atoms with van der Waals surface area (Å²) in [6, 6.07) is 10.2. The summed E-state index contributed by atoms with van der Waals surface area (Å²) < 4.78 is 10.9. The third kappa shape index (κ3) is 3.91. The van der Waals surface area contributed by atoms with Gasteiger partial charge in [0.05, 0.1) is 18.0 Å². The molecule has 6 heteroatoms. The van der Waals surface area contributed by atoms with Crippen LogP contribution in [-0.4, -0.2) is 35.5 Å². The van der Waals surface area contributed by atoms with Crippen LogP contribution in [0.1, 0.15) is 46.3 Å². The maximum absolute atomic E-state index is 12.7. The Morgan fingerprint density at radius 1 is 1.24 bits per heavy atom. The van der Waals surface area contributed by atoms with E-state index in [2.05, 4.69) is 0 Å². The summed E-state index contributed by atoms with van der Waals surface area (Å²) in [6.45, 7) is 1.12. The van der Waals surface area contributed by atoms with Crippen LogP contribution in [0.15, 0.2) is 40.8 Å². The van der Waals surface area contributed by atoms with Gasteiger partial charge in [-0.25, -0.2) is 4.79 Å². The lowest BCUT2D eigenvalue weighted by Crippen LogP contribution is -2.31. The molecule has 2 heterocycles. The molecule has 6 nitrogen and oxygen atoms in total. The largest absolute Gasteiger partial charge is 0.478 e. The van der Waals surface area contributed by atoms with Gasteiger partial charge in [0.2, 0.25) is 5.91 Å². The third-order valence-electron chi connectivity index (χ3n) is 4.43. The minimum absolute atomic E-state index is 0.0234. The first-order valence-corrected chi connectivity index (χ1v) is 8.27. The van der Waals surface area contributed by atoms with Crippen molar-refractivity contribution < 1.29 is 23.8 Å². The number of carboxylic acids is 1. The Morgan fingerprint density at radius 2 is 2.00 bits per heavy atom. The number of hydrogen-bond donors (Lipinski definition) is 1. The SMILES string of the molecule is COCc1ccc(C2CCCN2C(=O)Cc2ccc(C(=O)O)cc2)o1. The second-order valence-corrected chi connectivity index (χ2v) is 6.16. The molecular formula is C19H21NO5. The fourth-order valence-corrected chi connectivity index (χ4v) is 3.20. The predicted molar refractivity (Wildman–Crippen MR) is 90.2 cm³/mol. The van der Waals surface area contributed by atoms with E-state index in [1.807, 2.05) is 17.0 Å². The minimum atomic E-state index is -0.970. The van der Waals surface area contributed by atoms with E-state index in [9.17, 15) is 9.59 Å². The predicted octanol–water partition coefficient (Wildman–Crippen LogP) is 3.03. The summed E-state index contributed by atoms with van der Waals surface area (Å²) in [5.41, 5.74) is 1.02. The highest BCUT2D eigenvalue weighted by Gasteiger charge is 2.32. The van der Waals surface area contributed by atoms with Crippen LogP contribution in [0.2, 0.25) is 0 Å². The number of benzene rings is 1. The normalized spacial score (nSPS) is 17.0.